The Hall–Kier alpha value is -1.10. The van der Waals surface area contributed by atoms with Crippen molar-refractivity contribution in [2.24, 2.45) is 4.99 Å². The maximum absolute atomic E-state index is 5.84. The summed E-state index contributed by atoms with van der Waals surface area (Å²) in [5, 5.41) is 6.71. The maximum atomic E-state index is 5.84. The van der Waals surface area contributed by atoms with Crippen LogP contribution in [0.2, 0.25) is 0 Å². The Balaban J connectivity index is 0.00000729. The van der Waals surface area contributed by atoms with E-state index in [9.17, 15) is 0 Å². The van der Waals surface area contributed by atoms with Crippen LogP contribution in [0.5, 0.6) is 5.75 Å². The molecular weight excluding hydrogens is 471 g/mol. The second-order valence-corrected chi connectivity index (χ2v) is 6.45. The Kier molecular flexibility index (Phi) is 16.2. The highest BCUT2D eigenvalue weighted by molar-refractivity contribution is 14.0. The summed E-state index contributed by atoms with van der Waals surface area (Å²) in [5.41, 5.74) is 2.27. The van der Waals surface area contributed by atoms with E-state index < -0.39 is 0 Å². The van der Waals surface area contributed by atoms with Crippen molar-refractivity contribution in [1.29, 1.82) is 0 Å². The Bertz CT molecular complexity index is 558. The minimum absolute atomic E-state index is 0. The number of benzene rings is 1. The van der Waals surface area contributed by atoms with Crippen LogP contribution in [-0.2, 0) is 16.0 Å². The van der Waals surface area contributed by atoms with Gasteiger partial charge in [0, 0.05) is 46.5 Å². The minimum atomic E-state index is 0. The number of aryl methyl sites for hydroxylation is 1. The molecule has 0 aliphatic carbocycles. The number of hydrogen-bond donors (Lipinski definition) is 2. The summed E-state index contributed by atoms with van der Waals surface area (Å²) >= 11 is 0. The molecule has 8 heteroatoms. The lowest BCUT2D eigenvalue weighted by molar-refractivity contribution is 0.145. The number of halogens is 1. The van der Waals surface area contributed by atoms with E-state index in [1.807, 2.05) is 0 Å². The molecule has 0 aliphatic rings. The molecule has 0 amide bonds. The van der Waals surface area contributed by atoms with Crippen LogP contribution < -0.4 is 15.4 Å². The predicted octanol–water partition coefficient (Wildman–Crippen LogP) is 2.27. The molecule has 0 heterocycles. The molecule has 0 fully saturated rings. The third kappa shape index (κ3) is 11.7. The van der Waals surface area contributed by atoms with Crippen molar-refractivity contribution in [3.8, 4) is 5.75 Å². The highest BCUT2D eigenvalue weighted by Crippen LogP contribution is 2.20. The molecule has 2 N–H and O–H groups in total. The summed E-state index contributed by atoms with van der Waals surface area (Å²) in [6.45, 7) is 7.41. The van der Waals surface area contributed by atoms with Gasteiger partial charge in [0.15, 0.2) is 5.96 Å². The molecule has 1 aromatic rings. The van der Waals surface area contributed by atoms with E-state index in [4.69, 9.17) is 14.2 Å². The molecule has 1 aromatic carbocycles. The number of guanidine groups is 1. The van der Waals surface area contributed by atoms with Gasteiger partial charge in [0.05, 0.1) is 13.2 Å². The maximum Gasteiger partial charge on any atom is 0.191 e. The SMILES string of the molecule is CN=C(NCCCN(C)CCOC)NCc1ccc(C)cc1OCCOC.I. The van der Waals surface area contributed by atoms with Gasteiger partial charge in [-0.1, -0.05) is 12.1 Å². The molecule has 0 atom stereocenters. The fourth-order valence-electron chi connectivity index (χ4n) is 2.49. The van der Waals surface area contributed by atoms with Crippen molar-refractivity contribution >= 4 is 29.9 Å². The van der Waals surface area contributed by atoms with Crippen molar-refractivity contribution < 1.29 is 14.2 Å². The Morgan fingerprint density at radius 2 is 1.82 bits per heavy atom. The number of rotatable bonds is 13. The van der Waals surface area contributed by atoms with Crippen LogP contribution in [0.1, 0.15) is 17.5 Å². The molecule has 0 unspecified atom stereocenters. The van der Waals surface area contributed by atoms with Crippen LogP contribution in [0.3, 0.4) is 0 Å². The van der Waals surface area contributed by atoms with E-state index in [0.717, 1.165) is 49.9 Å². The Morgan fingerprint density at radius 1 is 1.07 bits per heavy atom. The van der Waals surface area contributed by atoms with Crippen LogP contribution in [0, 0.1) is 6.92 Å². The standard InChI is InChI=1S/C20H36N4O3.HI/c1-17-7-8-18(19(15-17)27-14-13-26-5)16-23-20(21-2)22-9-6-10-24(3)11-12-25-4;/h7-8,15H,6,9-14,16H2,1-5H3,(H2,21,22,23);1H. The highest BCUT2D eigenvalue weighted by atomic mass is 127. The van der Waals surface area contributed by atoms with Crippen LogP contribution in [0.15, 0.2) is 23.2 Å². The molecule has 162 valence electrons. The zero-order chi connectivity index (χ0) is 19.9. The monoisotopic (exact) mass is 508 g/mol. The van der Waals surface area contributed by atoms with Gasteiger partial charge in [-0.25, -0.2) is 0 Å². The van der Waals surface area contributed by atoms with Gasteiger partial charge in [-0.05, 0) is 38.6 Å². The molecule has 0 spiro atoms. The van der Waals surface area contributed by atoms with Crippen LogP contribution in [0.25, 0.3) is 0 Å². The normalized spacial score (nSPS) is 11.3. The van der Waals surface area contributed by atoms with Gasteiger partial charge in [-0.2, -0.15) is 0 Å². The molecular formula is C20H37IN4O3. The quantitative estimate of drug-likeness (QED) is 0.185. The molecule has 0 saturated carbocycles. The van der Waals surface area contributed by atoms with Gasteiger partial charge in [0.1, 0.15) is 12.4 Å². The average Bonchev–Trinajstić information content (AvgIpc) is 2.67. The van der Waals surface area contributed by atoms with Gasteiger partial charge < -0.3 is 29.7 Å². The summed E-state index contributed by atoms with van der Waals surface area (Å²) in [5.74, 6) is 1.67. The average molecular weight is 508 g/mol. The lowest BCUT2D eigenvalue weighted by Crippen LogP contribution is -2.38. The van der Waals surface area contributed by atoms with Crippen molar-refractivity contribution in [3.63, 3.8) is 0 Å². The fourth-order valence-corrected chi connectivity index (χ4v) is 2.49. The number of ether oxygens (including phenoxy) is 3. The molecule has 0 aromatic heterocycles. The topological polar surface area (TPSA) is 67.4 Å². The smallest absolute Gasteiger partial charge is 0.191 e. The first-order valence-electron chi connectivity index (χ1n) is 9.44. The van der Waals surface area contributed by atoms with Crippen LogP contribution in [-0.4, -0.2) is 78.6 Å². The summed E-state index contributed by atoms with van der Waals surface area (Å²) < 4.78 is 16.0. The van der Waals surface area contributed by atoms with Gasteiger partial charge in [-0.15, -0.1) is 24.0 Å². The Morgan fingerprint density at radius 3 is 2.50 bits per heavy atom. The van der Waals surface area contributed by atoms with Gasteiger partial charge >= 0.3 is 0 Å². The molecule has 0 saturated heterocycles. The molecule has 1 rings (SSSR count). The van der Waals surface area contributed by atoms with Crippen LogP contribution >= 0.6 is 24.0 Å². The number of methoxy groups -OCH3 is 2. The van der Waals surface area contributed by atoms with E-state index in [0.29, 0.717) is 19.8 Å². The van der Waals surface area contributed by atoms with E-state index in [1.54, 1.807) is 21.3 Å². The summed E-state index contributed by atoms with van der Waals surface area (Å²) in [4.78, 5) is 6.55. The highest BCUT2D eigenvalue weighted by Gasteiger charge is 2.06. The third-order valence-corrected chi connectivity index (χ3v) is 4.12. The number of aliphatic imine (C=N–C) groups is 1. The number of likely N-dealkylation sites (N-methyl/N-ethyl adjacent to an activating group) is 1. The van der Waals surface area contributed by atoms with E-state index in [1.165, 1.54) is 5.56 Å². The summed E-state index contributed by atoms with van der Waals surface area (Å²) in [6, 6.07) is 6.23. The summed E-state index contributed by atoms with van der Waals surface area (Å²) in [6.07, 6.45) is 1.04. The van der Waals surface area contributed by atoms with Crippen molar-refractivity contribution in [1.82, 2.24) is 15.5 Å². The van der Waals surface area contributed by atoms with Crippen LogP contribution in [0.4, 0.5) is 0 Å². The van der Waals surface area contributed by atoms with E-state index in [-0.39, 0.29) is 24.0 Å². The van der Waals surface area contributed by atoms with Gasteiger partial charge in [0.2, 0.25) is 0 Å². The third-order valence-electron chi connectivity index (χ3n) is 4.12. The van der Waals surface area contributed by atoms with Crippen molar-refractivity contribution in [3.05, 3.63) is 29.3 Å². The predicted molar refractivity (Wildman–Crippen MR) is 126 cm³/mol. The van der Waals surface area contributed by atoms with Gasteiger partial charge in [-0.3, -0.25) is 4.99 Å². The zero-order valence-electron chi connectivity index (χ0n) is 17.9. The first-order chi connectivity index (χ1) is 13.1. The van der Waals surface area contributed by atoms with Crippen molar-refractivity contribution in [2.45, 2.75) is 19.9 Å². The Labute approximate surface area is 187 Å². The number of nitrogens with zero attached hydrogens (tertiary/aromatic N) is 2. The first-order valence-corrected chi connectivity index (χ1v) is 9.44. The second-order valence-electron chi connectivity index (χ2n) is 6.45. The number of hydrogen-bond acceptors (Lipinski definition) is 5. The fraction of sp³-hybridized carbons (Fsp3) is 0.650. The van der Waals surface area contributed by atoms with Crippen molar-refractivity contribution in [2.75, 3.05) is 67.8 Å². The first kappa shape index (κ1) is 26.9. The molecule has 0 bridgehead atoms. The second kappa shape index (κ2) is 16.8. The lowest BCUT2D eigenvalue weighted by atomic mass is 10.1. The van der Waals surface area contributed by atoms with Gasteiger partial charge in [0.25, 0.3) is 0 Å². The molecule has 28 heavy (non-hydrogen) atoms. The molecule has 0 radical (unpaired) electrons. The molecule has 7 nitrogen and oxygen atoms in total. The number of nitrogens with one attached hydrogen (secondary N) is 2. The summed E-state index contributed by atoms with van der Waals surface area (Å²) in [7, 11) is 7.29. The van der Waals surface area contributed by atoms with E-state index in [2.05, 4.69) is 52.7 Å². The molecule has 0 aliphatic heterocycles. The largest absolute Gasteiger partial charge is 0.491 e. The zero-order valence-corrected chi connectivity index (χ0v) is 20.2. The minimum Gasteiger partial charge on any atom is -0.491 e. The van der Waals surface area contributed by atoms with E-state index >= 15 is 0 Å². The lowest BCUT2D eigenvalue weighted by Gasteiger charge is -2.17.